The molecule has 0 amide bonds. The van der Waals surface area contributed by atoms with E-state index in [-0.39, 0.29) is 5.82 Å². The Balaban J connectivity index is 1.47. The highest BCUT2D eigenvalue weighted by Crippen LogP contribution is 2.30. The standard InChI is InChI=1S/C23H28FN5O/c1-16(2)28-19-7-5-6-17(10-19)14-30-22-12-25-15-26-23(22)18-11-27-29(13-18)21-9-4-3-8-20(21)24/h3-4,8-9,11-13,15-17,19,28H,5-7,10,14H2,1-2H3/t17-,19-/m0/s1. The largest absolute Gasteiger partial charge is 0.489 e. The minimum Gasteiger partial charge on any atom is -0.489 e. The van der Waals surface area contributed by atoms with Crippen molar-refractivity contribution >= 4 is 0 Å². The van der Waals surface area contributed by atoms with E-state index >= 15 is 0 Å². The van der Waals surface area contributed by atoms with Crippen LogP contribution in [0.15, 0.2) is 49.2 Å². The Morgan fingerprint density at radius 3 is 2.93 bits per heavy atom. The molecule has 2 aromatic heterocycles. The predicted molar refractivity (Wildman–Crippen MR) is 114 cm³/mol. The van der Waals surface area contributed by atoms with Crippen molar-refractivity contribution in [2.24, 2.45) is 5.92 Å². The highest BCUT2D eigenvalue weighted by molar-refractivity contribution is 5.64. The lowest BCUT2D eigenvalue weighted by atomic mass is 9.86. The van der Waals surface area contributed by atoms with Crippen LogP contribution in [0.4, 0.5) is 4.39 Å². The van der Waals surface area contributed by atoms with Gasteiger partial charge in [0.25, 0.3) is 0 Å². The monoisotopic (exact) mass is 409 g/mol. The average molecular weight is 410 g/mol. The number of benzene rings is 1. The van der Waals surface area contributed by atoms with Crippen LogP contribution < -0.4 is 10.1 Å². The molecule has 1 fully saturated rings. The zero-order valence-electron chi connectivity index (χ0n) is 17.5. The Morgan fingerprint density at radius 2 is 2.10 bits per heavy atom. The molecule has 1 saturated carbocycles. The third kappa shape index (κ3) is 4.84. The number of nitrogens with zero attached hydrogens (tertiary/aromatic N) is 4. The first-order valence-electron chi connectivity index (χ1n) is 10.6. The van der Waals surface area contributed by atoms with Crippen LogP contribution in [0.2, 0.25) is 0 Å². The molecule has 30 heavy (non-hydrogen) atoms. The minimum atomic E-state index is -0.326. The number of hydrogen-bond acceptors (Lipinski definition) is 5. The molecular formula is C23H28FN5O. The number of hydrogen-bond donors (Lipinski definition) is 1. The van der Waals surface area contributed by atoms with E-state index in [0.717, 1.165) is 12.0 Å². The van der Waals surface area contributed by atoms with Crippen molar-refractivity contribution in [2.75, 3.05) is 6.61 Å². The second kappa shape index (κ2) is 9.34. The van der Waals surface area contributed by atoms with E-state index < -0.39 is 0 Å². The number of aromatic nitrogens is 4. The molecule has 4 rings (SSSR count). The lowest BCUT2D eigenvalue weighted by Gasteiger charge is -2.31. The summed E-state index contributed by atoms with van der Waals surface area (Å²) < 4.78 is 21.8. The molecule has 0 spiro atoms. The summed E-state index contributed by atoms with van der Waals surface area (Å²) in [6.45, 7) is 5.02. The van der Waals surface area contributed by atoms with Crippen molar-refractivity contribution in [1.82, 2.24) is 25.1 Å². The molecule has 1 aromatic carbocycles. The Hall–Kier alpha value is -2.80. The van der Waals surface area contributed by atoms with Gasteiger partial charge < -0.3 is 10.1 Å². The summed E-state index contributed by atoms with van der Waals surface area (Å²) >= 11 is 0. The van der Waals surface area contributed by atoms with Crippen LogP contribution in [0.3, 0.4) is 0 Å². The van der Waals surface area contributed by atoms with E-state index in [4.69, 9.17) is 4.74 Å². The summed E-state index contributed by atoms with van der Waals surface area (Å²) in [6, 6.07) is 7.60. The summed E-state index contributed by atoms with van der Waals surface area (Å²) in [7, 11) is 0. The molecule has 1 N–H and O–H groups in total. The molecule has 0 aliphatic heterocycles. The van der Waals surface area contributed by atoms with Gasteiger partial charge in [-0.3, -0.25) is 0 Å². The van der Waals surface area contributed by atoms with Gasteiger partial charge in [-0.05, 0) is 37.3 Å². The molecule has 0 saturated heterocycles. The number of nitrogens with one attached hydrogen (secondary N) is 1. The Morgan fingerprint density at radius 1 is 1.23 bits per heavy atom. The smallest absolute Gasteiger partial charge is 0.163 e. The van der Waals surface area contributed by atoms with E-state index in [1.54, 1.807) is 36.8 Å². The van der Waals surface area contributed by atoms with Crippen molar-refractivity contribution in [3.63, 3.8) is 0 Å². The van der Waals surface area contributed by atoms with Crippen molar-refractivity contribution < 1.29 is 9.13 Å². The van der Waals surface area contributed by atoms with Gasteiger partial charge in [0.05, 0.1) is 19.0 Å². The fourth-order valence-electron chi connectivity index (χ4n) is 4.13. The molecule has 0 radical (unpaired) electrons. The molecule has 6 nitrogen and oxygen atoms in total. The van der Waals surface area contributed by atoms with Crippen LogP contribution in [0.1, 0.15) is 39.5 Å². The maximum Gasteiger partial charge on any atom is 0.163 e. The first-order valence-corrected chi connectivity index (χ1v) is 10.6. The highest BCUT2D eigenvalue weighted by atomic mass is 19.1. The van der Waals surface area contributed by atoms with Gasteiger partial charge in [0.1, 0.15) is 23.5 Å². The number of rotatable bonds is 7. The van der Waals surface area contributed by atoms with E-state index in [2.05, 4.69) is 34.2 Å². The van der Waals surface area contributed by atoms with Crippen LogP contribution in [-0.2, 0) is 0 Å². The summed E-state index contributed by atoms with van der Waals surface area (Å²) in [5.41, 5.74) is 1.82. The molecular weight excluding hydrogens is 381 g/mol. The Bertz CT molecular complexity index is 973. The van der Waals surface area contributed by atoms with Gasteiger partial charge in [-0.15, -0.1) is 0 Å². The Kier molecular flexibility index (Phi) is 6.38. The topological polar surface area (TPSA) is 64.9 Å². The summed E-state index contributed by atoms with van der Waals surface area (Å²) in [6.07, 6.45) is 11.3. The van der Waals surface area contributed by atoms with E-state index in [9.17, 15) is 4.39 Å². The van der Waals surface area contributed by atoms with Crippen molar-refractivity contribution in [1.29, 1.82) is 0 Å². The molecule has 1 aliphatic rings. The highest BCUT2D eigenvalue weighted by Gasteiger charge is 2.23. The first kappa shape index (κ1) is 20.5. The van der Waals surface area contributed by atoms with Crippen LogP contribution in [0.25, 0.3) is 16.9 Å². The predicted octanol–water partition coefficient (Wildman–Crippen LogP) is 4.40. The molecule has 0 unspecified atom stereocenters. The van der Waals surface area contributed by atoms with E-state index in [1.807, 2.05) is 0 Å². The van der Waals surface area contributed by atoms with Gasteiger partial charge in [-0.2, -0.15) is 5.10 Å². The molecule has 3 aromatic rings. The molecule has 2 heterocycles. The third-order valence-electron chi connectivity index (χ3n) is 5.46. The number of ether oxygens (including phenoxy) is 1. The van der Waals surface area contributed by atoms with Crippen molar-refractivity contribution in [2.45, 2.75) is 51.6 Å². The zero-order chi connectivity index (χ0) is 20.9. The minimum absolute atomic E-state index is 0.326. The Labute approximate surface area is 176 Å². The average Bonchev–Trinajstić information content (AvgIpc) is 3.22. The van der Waals surface area contributed by atoms with Gasteiger partial charge in [0.15, 0.2) is 5.75 Å². The summed E-state index contributed by atoms with van der Waals surface area (Å²) in [5.74, 6) is 0.807. The SMILES string of the molecule is CC(C)N[C@H]1CCC[C@H](COc2cncnc2-c2cnn(-c3ccccc3F)c2)C1. The van der Waals surface area contributed by atoms with Crippen LogP contribution in [0.5, 0.6) is 5.75 Å². The van der Waals surface area contributed by atoms with Gasteiger partial charge in [-0.1, -0.05) is 32.4 Å². The number of para-hydroxylation sites is 1. The molecule has 7 heteroatoms. The van der Waals surface area contributed by atoms with Gasteiger partial charge >= 0.3 is 0 Å². The second-order valence-electron chi connectivity index (χ2n) is 8.22. The van der Waals surface area contributed by atoms with E-state index in [0.29, 0.717) is 41.7 Å². The molecule has 0 bridgehead atoms. The van der Waals surface area contributed by atoms with Crippen LogP contribution in [0, 0.1) is 11.7 Å². The summed E-state index contributed by atoms with van der Waals surface area (Å²) in [5, 5.41) is 7.95. The molecule has 2 atom stereocenters. The van der Waals surface area contributed by atoms with Gasteiger partial charge in [-0.25, -0.2) is 19.0 Å². The van der Waals surface area contributed by atoms with Gasteiger partial charge in [0.2, 0.25) is 0 Å². The van der Waals surface area contributed by atoms with Gasteiger partial charge in [0, 0.05) is 23.8 Å². The second-order valence-corrected chi connectivity index (χ2v) is 8.22. The third-order valence-corrected chi connectivity index (χ3v) is 5.46. The lowest BCUT2D eigenvalue weighted by molar-refractivity contribution is 0.183. The normalized spacial score (nSPS) is 19.2. The van der Waals surface area contributed by atoms with E-state index in [1.165, 1.54) is 36.3 Å². The van der Waals surface area contributed by atoms with Crippen LogP contribution >= 0.6 is 0 Å². The first-order chi connectivity index (χ1) is 14.6. The zero-order valence-corrected chi connectivity index (χ0v) is 17.5. The quantitative estimate of drug-likeness (QED) is 0.626. The fourth-order valence-corrected chi connectivity index (χ4v) is 4.13. The lowest BCUT2D eigenvalue weighted by Crippen LogP contribution is -2.39. The van der Waals surface area contributed by atoms with Crippen molar-refractivity contribution in [3.8, 4) is 22.7 Å². The van der Waals surface area contributed by atoms with Crippen molar-refractivity contribution in [3.05, 3.63) is 55.0 Å². The molecule has 158 valence electrons. The van der Waals surface area contributed by atoms with Crippen LogP contribution in [-0.4, -0.2) is 38.4 Å². The maximum absolute atomic E-state index is 14.1. The molecule has 1 aliphatic carbocycles. The fraction of sp³-hybridized carbons (Fsp3) is 0.435. The maximum atomic E-state index is 14.1. The number of halogens is 1. The summed E-state index contributed by atoms with van der Waals surface area (Å²) in [4.78, 5) is 8.53.